The fourth-order valence-corrected chi connectivity index (χ4v) is 5.28. The number of nitrogens with zero attached hydrogens (tertiary/aromatic N) is 3. The van der Waals surface area contributed by atoms with Crippen LogP contribution in [0.3, 0.4) is 0 Å². The number of aromatic nitrogens is 3. The first-order valence-corrected chi connectivity index (χ1v) is 10.8. The summed E-state index contributed by atoms with van der Waals surface area (Å²) in [5.74, 6) is 0.334. The Morgan fingerprint density at radius 3 is 3.07 bits per heavy atom. The fraction of sp³-hybridized carbons (Fsp3) is 0.450. The maximum atomic E-state index is 12.5. The van der Waals surface area contributed by atoms with Crippen LogP contribution in [0.1, 0.15) is 33.0 Å². The molecule has 2 saturated heterocycles. The average Bonchev–Trinajstić information content (AvgIpc) is 3.42. The minimum Gasteiger partial charge on any atom is -0.346 e. The van der Waals surface area contributed by atoms with Crippen LogP contribution in [0, 0.1) is 12.8 Å². The molecule has 1 amide bonds. The highest BCUT2D eigenvalue weighted by molar-refractivity contribution is 7.16. The van der Waals surface area contributed by atoms with Crippen molar-refractivity contribution >= 4 is 22.2 Å². The smallest absolute Gasteiger partial charge is 0.261 e. The monoisotopic (exact) mass is 412 g/mol. The summed E-state index contributed by atoms with van der Waals surface area (Å²) in [6.45, 7) is 6.19. The van der Waals surface area contributed by atoms with Gasteiger partial charge in [-0.2, -0.15) is 0 Å². The molecule has 0 bridgehead atoms. The lowest BCUT2D eigenvalue weighted by molar-refractivity contribution is 0.0949. The SMILES string of the molecule is Cc1cn2cc(CNC(=O)c3ccc(CN4CC[C@@H]5CNC[C@@H]54)[nH]c3=O)nc2s1. The van der Waals surface area contributed by atoms with Crippen LogP contribution in [0.15, 0.2) is 29.3 Å². The Balaban J connectivity index is 1.22. The van der Waals surface area contributed by atoms with Gasteiger partial charge in [0.25, 0.3) is 11.5 Å². The molecule has 5 heterocycles. The molecule has 152 valence electrons. The number of aromatic amines is 1. The molecule has 3 aromatic heterocycles. The fourth-order valence-electron chi connectivity index (χ4n) is 4.45. The molecule has 9 heteroatoms. The van der Waals surface area contributed by atoms with E-state index >= 15 is 0 Å². The number of rotatable bonds is 5. The van der Waals surface area contributed by atoms with E-state index in [9.17, 15) is 9.59 Å². The van der Waals surface area contributed by atoms with Crippen LogP contribution < -0.4 is 16.2 Å². The van der Waals surface area contributed by atoms with Gasteiger partial charge in [-0.3, -0.25) is 18.9 Å². The van der Waals surface area contributed by atoms with Gasteiger partial charge in [-0.05, 0) is 44.5 Å². The number of likely N-dealkylation sites (tertiary alicyclic amines) is 1. The van der Waals surface area contributed by atoms with Crippen molar-refractivity contribution in [2.24, 2.45) is 5.92 Å². The van der Waals surface area contributed by atoms with Crippen LogP contribution in [0.25, 0.3) is 4.96 Å². The molecule has 2 aliphatic heterocycles. The first-order valence-electron chi connectivity index (χ1n) is 9.96. The Morgan fingerprint density at radius 1 is 1.34 bits per heavy atom. The van der Waals surface area contributed by atoms with Gasteiger partial charge >= 0.3 is 0 Å². The highest BCUT2D eigenvalue weighted by Crippen LogP contribution is 2.28. The van der Waals surface area contributed by atoms with Crippen molar-refractivity contribution in [3.05, 3.63) is 56.7 Å². The Morgan fingerprint density at radius 2 is 2.24 bits per heavy atom. The summed E-state index contributed by atoms with van der Waals surface area (Å²) in [5, 5.41) is 6.24. The van der Waals surface area contributed by atoms with Crippen molar-refractivity contribution in [2.45, 2.75) is 32.5 Å². The summed E-state index contributed by atoms with van der Waals surface area (Å²) in [6.07, 6.45) is 5.10. The van der Waals surface area contributed by atoms with E-state index in [-0.39, 0.29) is 23.6 Å². The average molecular weight is 413 g/mol. The molecule has 29 heavy (non-hydrogen) atoms. The van der Waals surface area contributed by atoms with Crippen molar-refractivity contribution in [3.63, 3.8) is 0 Å². The van der Waals surface area contributed by atoms with Crippen molar-refractivity contribution in [3.8, 4) is 0 Å². The van der Waals surface area contributed by atoms with E-state index in [1.165, 1.54) is 11.3 Å². The second-order valence-electron chi connectivity index (χ2n) is 7.92. The van der Waals surface area contributed by atoms with Gasteiger partial charge in [0.1, 0.15) is 5.56 Å². The summed E-state index contributed by atoms with van der Waals surface area (Å²) in [4.78, 5) is 36.8. The maximum Gasteiger partial charge on any atom is 0.261 e. The van der Waals surface area contributed by atoms with Crippen LogP contribution in [0.5, 0.6) is 0 Å². The Kier molecular flexibility index (Phi) is 4.73. The normalized spacial score (nSPS) is 21.7. The lowest BCUT2D eigenvalue weighted by atomic mass is 10.1. The number of pyridine rings is 1. The number of hydrogen-bond donors (Lipinski definition) is 3. The molecule has 0 radical (unpaired) electrons. The molecule has 3 N–H and O–H groups in total. The standard InChI is InChI=1S/C20H24N6O2S/c1-12-9-26-11-15(24-20(26)29-12)7-22-18(27)16-3-2-14(23-19(16)28)10-25-5-4-13-6-21-8-17(13)25/h2-3,9,11,13,17,21H,4-8,10H2,1H3,(H,22,27)(H,23,28)/t13-,17+/m1/s1. The van der Waals surface area contributed by atoms with Crippen molar-refractivity contribution in [2.75, 3.05) is 19.6 Å². The van der Waals surface area contributed by atoms with E-state index in [2.05, 4.69) is 25.5 Å². The number of hydrogen-bond acceptors (Lipinski definition) is 6. The van der Waals surface area contributed by atoms with Crippen LogP contribution in [-0.2, 0) is 13.1 Å². The summed E-state index contributed by atoms with van der Waals surface area (Å²) < 4.78 is 1.95. The van der Waals surface area contributed by atoms with Crippen molar-refractivity contribution in [1.82, 2.24) is 29.9 Å². The van der Waals surface area contributed by atoms with E-state index in [0.29, 0.717) is 18.5 Å². The van der Waals surface area contributed by atoms with Crippen molar-refractivity contribution < 1.29 is 4.79 Å². The van der Waals surface area contributed by atoms with Gasteiger partial charge in [-0.1, -0.05) is 0 Å². The topological polar surface area (TPSA) is 94.5 Å². The number of carbonyl (C=O) groups is 1. The molecule has 2 fully saturated rings. The van der Waals surface area contributed by atoms with E-state index in [4.69, 9.17) is 0 Å². The first-order chi connectivity index (χ1) is 14.1. The number of thiazole rings is 1. The molecule has 0 saturated carbocycles. The Hall–Kier alpha value is -2.49. The van der Waals surface area contributed by atoms with Gasteiger partial charge in [0.15, 0.2) is 4.96 Å². The molecular weight excluding hydrogens is 388 g/mol. The second kappa shape index (κ2) is 7.40. The molecule has 0 aliphatic carbocycles. The summed E-state index contributed by atoms with van der Waals surface area (Å²) in [7, 11) is 0. The third kappa shape index (κ3) is 3.61. The molecule has 2 aliphatic rings. The van der Waals surface area contributed by atoms with Gasteiger partial charge < -0.3 is 15.6 Å². The molecule has 0 spiro atoms. The quantitative estimate of drug-likeness (QED) is 0.584. The summed E-state index contributed by atoms with van der Waals surface area (Å²) in [6, 6.07) is 4.02. The number of imidazole rings is 1. The van der Waals surface area contributed by atoms with Crippen LogP contribution in [-0.4, -0.2) is 50.9 Å². The van der Waals surface area contributed by atoms with E-state index in [1.54, 1.807) is 17.4 Å². The largest absolute Gasteiger partial charge is 0.346 e. The third-order valence-corrected chi connectivity index (χ3v) is 6.81. The molecule has 3 aromatic rings. The zero-order valence-electron chi connectivity index (χ0n) is 16.3. The predicted octanol–water partition coefficient (Wildman–Crippen LogP) is 1.12. The van der Waals surface area contributed by atoms with E-state index < -0.39 is 0 Å². The highest BCUT2D eigenvalue weighted by atomic mass is 32.1. The molecule has 0 aromatic carbocycles. The zero-order valence-corrected chi connectivity index (χ0v) is 17.1. The van der Waals surface area contributed by atoms with E-state index in [0.717, 1.165) is 36.0 Å². The Labute approximate surface area is 172 Å². The third-order valence-electron chi connectivity index (χ3n) is 5.90. The van der Waals surface area contributed by atoms with E-state index in [1.807, 2.05) is 29.8 Å². The maximum absolute atomic E-state index is 12.5. The number of nitrogens with one attached hydrogen (secondary N) is 3. The van der Waals surface area contributed by atoms with Crippen LogP contribution in [0.2, 0.25) is 0 Å². The lowest BCUT2D eigenvalue weighted by Crippen LogP contribution is -2.35. The van der Waals surface area contributed by atoms with Gasteiger partial charge in [-0.25, -0.2) is 4.98 Å². The first kappa shape index (κ1) is 18.5. The van der Waals surface area contributed by atoms with Crippen molar-refractivity contribution in [1.29, 1.82) is 0 Å². The number of aryl methyl sites for hydroxylation is 1. The molecular formula is C20H24N6O2S. The van der Waals surface area contributed by atoms with Gasteiger partial charge in [0.2, 0.25) is 0 Å². The number of carbonyl (C=O) groups excluding carboxylic acids is 1. The molecule has 8 nitrogen and oxygen atoms in total. The summed E-state index contributed by atoms with van der Waals surface area (Å²) >= 11 is 1.60. The minimum absolute atomic E-state index is 0.132. The number of amides is 1. The molecule has 2 atom stereocenters. The number of H-pyrrole nitrogens is 1. The highest BCUT2D eigenvalue weighted by Gasteiger charge is 2.37. The van der Waals surface area contributed by atoms with Crippen LogP contribution >= 0.6 is 11.3 Å². The van der Waals surface area contributed by atoms with Gasteiger partial charge in [-0.15, -0.1) is 11.3 Å². The minimum atomic E-state index is -0.383. The number of fused-ring (bicyclic) bond motifs is 2. The Bertz CT molecular complexity index is 1080. The van der Waals surface area contributed by atoms with Gasteiger partial charge in [0, 0.05) is 42.1 Å². The molecule has 0 unspecified atom stereocenters. The van der Waals surface area contributed by atoms with Gasteiger partial charge in [0.05, 0.1) is 12.2 Å². The van der Waals surface area contributed by atoms with Crippen LogP contribution in [0.4, 0.5) is 0 Å². The zero-order chi connectivity index (χ0) is 20.0. The lowest BCUT2D eigenvalue weighted by Gasteiger charge is -2.22. The second-order valence-corrected chi connectivity index (χ2v) is 9.13. The predicted molar refractivity (Wildman–Crippen MR) is 111 cm³/mol. The molecule has 5 rings (SSSR count). The summed E-state index contributed by atoms with van der Waals surface area (Å²) in [5.41, 5.74) is 1.41.